The second-order valence-corrected chi connectivity index (χ2v) is 5.07. The van der Waals surface area contributed by atoms with Crippen LogP contribution in [0.4, 0.5) is 0 Å². The summed E-state index contributed by atoms with van der Waals surface area (Å²) in [7, 11) is 0. The maximum absolute atomic E-state index is 12.4. The number of pyridine rings is 1. The predicted octanol–water partition coefficient (Wildman–Crippen LogP) is 0.107. The van der Waals surface area contributed by atoms with E-state index in [1.807, 2.05) is 6.07 Å². The Balaban J connectivity index is 1.53. The van der Waals surface area contributed by atoms with Gasteiger partial charge in [0.25, 0.3) is 5.91 Å². The lowest BCUT2D eigenvalue weighted by Gasteiger charge is -2.18. The molecular weight excluding hydrogens is 286 g/mol. The summed E-state index contributed by atoms with van der Waals surface area (Å²) in [6, 6.07) is 5.15. The number of H-pyrrole nitrogens is 1. The van der Waals surface area contributed by atoms with Gasteiger partial charge in [0.05, 0.1) is 17.3 Å². The smallest absolute Gasteiger partial charge is 0.253 e. The number of carbonyl (C=O) groups excluding carboxylic acids is 1. The van der Waals surface area contributed by atoms with Crippen molar-refractivity contribution >= 4 is 11.6 Å². The minimum Gasteiger partial charge on any atom is -0.370 e. The molecule has 3 aromatic heterocycles. The molecule has 112 valence electrons. The van der Waals surface area contributed by atoms with E-state index < -0.39 is 0 Å². The van der Waals surface area contributed by atoms with Gasteiger partial charge in [-0.2, -0.15) is 9.61 Å². The highest BCUT2D eigenvalue weighted by Gasteiger charge is 2.32. The van der Waals surface area contributed by atoms with Crippen LogP contribution in [-0.4, -0.2) is 48.8 Å². The summed E-state index contributed by atoms with van der Waals surface area (Å²) in [5.74, 6) is -0.183. The van der Waals surface area contributed by atoms with Gasteiger partial charge in [0.15, 0.2) is 5.65 Å². The fraction of sp³-hybridized carbons (Fsp3) is 0.308. The number of ether oxygens (including phenoxy) is 1. The molecule has 4 rings (SSSR count). The van der Waals surface area contributed by atoms with Gasteiger partial charge in [0.1, 0.15) is 6.10 Å². The third-order valence-electron chi connectivity index (χ3n) is 3.69. The second-order valence-electron chi connectivity index (χ2n) is 5.07. The number of nitrogens with zero attached hydrogens (tertiary/aromatic N) is 5. The number of hydrogen-bond acceptors (Lipinski definition) is 6. The zero-order valence-electron chi connectivity index (χ0n) is 11.5. The van der Waals surface area contributed by atoms with Gasteiger partial charge in [-0.25, -0.2) is 0 Å². The maximum atomic E-state index is 12.4. The topological polar surface area (TPSA) is 110 Å². The summed E-state index contributed by atoms with van der Waals surface area (Å²) in [5.41, 5.74) is 1.95. The normalized spacial score (nSPS) is 21.3. The minimum atomic E-state index is -0.205. The van der Waals surface area contributed by atoms with E-state index in [9.17, 15) is 4.79 Å². The summed E-state index contributed by atoms with van der Waals surface area (Å²) < 4.78 is 7.15. The standard InChI is InChI=1S/C13H13N7O2/c21-13(8-1-2-11-17-18-19-20(11)7-8)15-9-4-6-22-12(9)10-3-5-14-16-10/h1-3,5,7,9,12H,4,6H2,(H,14,16)(H,15,21)/t9-,12-/m1/s1. The Kier molecular flexibility index (Phi) is 3.04. The number of hydrogen-bond donors (Lipinski definition) is 2. The molecule has 2 atom stereocenters. The van der Waals surface area contributed by atoms with Crippen LogP contribution < -0.4 is 5.32 Å². The number of aromatic nitrogens is 6. The highest BCUT2D eigenvalue weighted by atomic mass is 16.5. The molecule has 0 radical (unpaired) electrons. The van der Waals surface area contributed by atoms with E-state index in [4.69, 9.17) is 4.74 Å². The number of aromatic amines is 1. The van der Waals surface area contributed by atoms with Crippen LogP contribution in [0.25, 0.3) is 5.65 Å². The Morgan fingerprint density at radius 3 is 3.23 bits per heavy atom. The van der Waals surface area contributed by atoms with Crippen LogP contribution >= 0.6 is 0 Å². The first kappa shape index (κ1) is 12.9. The van der Waals surface area contributed by atoms with E-state index in [0.717, 1.165) is 12.1 Å². The minimum absolute atomic E-state index is 0.0995. The largest absolute Gasteiger partial charge is 0.370 e. The van der Waals surface area contributed by atoms with E-state index in [-0.39, 0.29) is 18.1 Å². The molecule has 1 aliphatic rings. The predicted molar refractivity (Wildman–Crippen MR) is 73.9 cm³/mol. The molecule has 9 nitrogen and oxygen atoms in total. The molecule has 0 saturated carbocycles. The monoisotopic (exact) mass is 299 g/mol. The number of carbonyl (C=O) groups is 1. The van der Waals surface area contributed by atoms with Crippen molar-refractivity contribution in [3.63, 3.8) is 0 Å². The average molecular weight is 299 g/mol. The molecule has 9 heteroatoms. The number of rotatable bonds is 3. The molecule has 0 spiro atoms. The van der Waals surface area contributed by atoms with Gasteiger partial charge in [-0.15, -0.1) is 5.10 Å². The molecule has 22 heavy (non-hydrogen) atoms. The highest BCUT2D eigenvalue weighted by molar-refractivity contribution is 5.94. The molecule has 0 bridgehead atoms. The fourth-order valence-corrected chi connectivity index (χ4v) is 2.60. The number of tetrazole rings is 1. The van der Waals surface area contributed by atoms with Crippen molar-refractivity contribution in [1.82, 2.24) is 35.6 Å². The summed E-state index contributed by atoms with van der Waals surface area (Å²) in [6.45, 7) is 0.598. The Bertz CT molecular complexity index is 798. The van der Waals surface area contributed by atoms with Crippen molar-refractivity contribution in [1.29, 1.82) is 0 Å². The number of nitrogens with one attached hydrogen (secondary N) is 2. The average Bonchev–Trinajstić information content (AvgIpc) is 3.27. The fourth-order valence-electron chi connectivity index (χ4n) is 2.60. The van der Waals surface area contributed by atoms with E-state index >= 15 is 0 Å². The van der Waals surface area contributed by atoms with E-state index in [1.54, 1.807) is 24.5 Å². The summed E-state index contributed by atoms with van der Waals surface area (Å²) in [6.07, 6.45) is 3.82. The highest BCUT2D eigenvalue weighted by Crippen LogP contribution is 2.27. The summed E-state index contributed by atoms with van der Waals surface area (Å²) in [4.78, 5) is 12.4. The van der Waals surface area contributed by atoms with Crippen molar-refractivity contribution in [3.05, 3.63) is 41.9 Å². The van der Waals surface area contributed by atoms with E-state index in [2.05, 4.69) is 31.0 Å². The Hall–Kier alpha value is -2.81. The Labute approximate surface area is 124 Å². The van der Waals surface area contributed by atoms with Gasteiger partial charge in [-0.1, -0.05) is 0 Å². The van der Waals surface area contributed by atoms with Crippen LogP contribution in [0.1, 0.15) is 28.6 Å². The molecule has 3 aromatic rings. The first-order valence-corrected chi connectivity index (χ1v) is 6.91. The molecule has 1 amide bonds. The molecule has 1 saturated heterocycles. The molecule has 4 heterocycles. The van der Waals surface area contributed by atoms with Gasteiger partial charge < -0.3 is 10.1 Å². The van der Waals surface area contributed by atoms with Crippen molar-refractivity contribution < 1.29 is 9.53 Å². The molecule has 0 aliphatic carbocycles. The van der Waals surface area contributed by atoms with Crippen molar-refractivity contribution in [2.24, 2.45) is 0 Å². The van der Waals surface area contributed by atoms with Crippen LogP contribution in [0.5, 0.6) is 0 Å². The third kappa shape index (κ3) is 2.21. The van der Waals surface area contributed by atoms with Crippen molar-refractivity contribution in [3.8, 4) is 0 Å². The lowest BCUT2D eigenvalue weighted by molar-refractivity contribution is 0.0807. The van der Waals surface area contributed by atoms with Gasteiger partial charge >= 0.3 is 0 Å². The molecule has 0 aromatic carbocycles. The molecule has 0 unspecified atom stereocenters. The zero-order chi connectivity index (χ0) is 14.9. The lowest BCUT2D eigenvalue weighted by atomic mass is 10.1. The first-order valence-electron chi connectivity index (χ1n) is 6.91. The Morgan fingerprint density at radius 1 is 1.41 bits per heavy atom. The quantitative estimate of drug-likeness (QED) is 0.710. The molecule has 2 N–H and O–H groups in total. The van der Waals surface area contributed by atoms with Gasteiger partial charge in [-0.05, 0) is 35.0 Å². The summed E-state index contributed by atoms with van der Waals surface area (Å²) >= 11 is 0. The van der Waals surface area contributed by atoms with Crippen LogP contribution in [0.2, 0.25) is 0 Å². The van der Waals surface area contributed by atoms with Crippen molar-refractivity contribution in [2.75, 3.05) is 6.61 Å². The first-order chi connectivity index (χ1) is 10.8. The number of fused-ring (bicyclic) bond motifs is 1. The van der Waals surface area contributed by atoms with E-state index in [1.165, 1.54) is 4.52 Å². The van der Waals surface area contributed by atoms with Crippen LogP contribution in [-0.2, 0) is 4.74 Å². The van der Waals surface area contributed by atoms with Gasteiger partial charge in [0.2, 0.25) is 0 Å². The maximum Gasteiger partial charge on any atom is 0.253 e. The van der Waals surface area contributed by atoms with Crippen LogP contribution in [0, 0.1) is 0 Å². The SMILES string of the molecule is O=C(N[C@@H]1CCO[C@H]1c1ccn[nH]1)c1ccc2nnnn2c1. The summed E-state index contributed by atoms with van der Waals surface area (Å²) in [5, 5.41) is 21.0. The molecular formula is C13H13N7O2. The van der Waals surface area contributed by atoms with Gasteiger partial charge in [0, 0.05) is 19.0 Å². The molecule has 1 fully saturated rings. The van der Waals surface area contributed by atoms with Crippen molar-refractivity contribution in [2.45, 2.75) is 18.6 Å². The van der Waals surface area contributed by atoms with E-state index in [0.29, 0.717) is 17.8 Å². The number of amides is 1. The van der Waals surface area contributed by atoms with Crippen LogP contribution in [0.15, 0.2) is 30.6 Å². The second kappa shape index (κ2) is 5.19. The Morgan fingerprint density at radius 2 is 2.36 bits per heavy atom. The zero-order valence-corrected chi connectivity index (χ0v) is 11.5. The van der Waals surface area contributed by atoms with Crippen LogP contribution in [0.3, 0.4) is 0 Å². The third-order valence-corrected chi connectivity index (χ3v) is 3.69. The van der Waals surface area contributed by atoms with Gasteiger partial charge in [-0.3, -0.25) is 9.89 Å². The molecule has 1 aliphatic heterocycles. The lowest BCUT2D eigenvalue weighted by Crippen LogP contribution is -2.37.